The summed E-state index contributed by atoms with van der Waals surface area (Å²) in [5.41, 5.74) is 2.67. The van der Waals surface area contributed by atoms with Gasteiger partial charge in [-0.15, -0.1) is 11.8 Å². The summed E-state index contributed by atoms with van der Waals surface area (Å²) in [6.45, 7) is 3.54. The summed E-state index contributed by atoms with van der Waals surface area (Å²) in [4.78, 5) is 30.2. The first kappa shape index (κ1) is 18.4. The van der Waals surface area contributed by atoms with Crippen LogP contribution in [0.25, 0.3) is 11.3 Å². The highest BCUT2D eigenvalue weighted by molar-refractivity contribution is 8.00. The van der Waals surface area contributed by atoms with Crippen LogP contribution in [0, 0.1) is 6.92 Å². The van der Waals surface area contributed by atoms with Crippen LogP contribution in [0.5, 0.6) is 0 Å². The highest BCUT2D eigenvalue weighted by atomic mass is 32.2. The van der Waals surface area contributed by atoms with Crippen molar-refractivity contribution in [1.29, 1.82) is 0 Å². The fourth-order valence-electron chi connectivity index (χ4n) is 2.34. The lowest BCUT2D eigenvalue weighted by Crippen LogP contribution is -2.13. The van der Waals surface area contributed by atoms with Crippen molar-refractivity contribution in [3.8, 4) is 11.3 Å². The van der Waals surface area contributed by atoms with Crippen LogP contribution in [0.1, 0.15) is 22.2 Å². The summed E-state index contributed by atoms with van der Waals surface area (Å²) >= 11 is 2.68. The van der Waals surface area contributed by atoms with E-state index in [9.17, 15) is 9.59 Å². The molecule has 0 spiro atoms. The number of hydrogen-bond donors (Lipinski definition) is 1. The minimum atomic E-state index is -0.140. The van der Waals surface area contributed by atoms with Gasteiger partial charge in [-0.05, 0) is 19.1 Å². The van der Waals surface area contributed by atoms with E-state index in [1.807, 2.05) is 61.5 Å². The molecule has 4 nitrogen and oxygen atoms in total. The van der Waals surface area contributed by atoms with Gasteiger partial charge in [-0.2, -0.15) is 0 Å². The van der Waals surface area contributed by atoms with Gasteiger partial charge in [0, 0.05) is 17.4 Å². The number of amides is 1. The molecule has 132 valence electrons. The Labute approximate surface area is 160 Å². The third-order valence-electron chi connectivity index (χ3n) is 3.63. The van der Waals surface area contributed by atoms with Gasteiger partial charge in [-0.25, -0.2) is 4.98 Å². The number of aromatic nitrogens is 1. The van der Waals surface area contributed by atoms with Crippen molar-refractivity contribution in [2.75, 3.05) is 11.1 Å². The second-order valence-electron chi connectivity index (χ2n) is 5.77. The van der Waals surface area contributed by atoms with E-state index in [1.54, 1.807) is 0 Å². The van der Waals surface area contributed by atoms with E-state index >= 15 is 0 Å². The molecule has 3 rings (SSSR count). The van der Waals surface area contributed by atoms with Crippen LogP contribution < -0.4 is 5.32 Å². The molecule has 6 heteroatoms. The highest BCUT2D eigenvalue weighted by Crippen LogP contribution is 2.31. The maximum absolute atomic E-state index is 12.2. The Balaban J connectivity index is 1.70. The number of thiazole rings is 1. The van der Waals surface area contributed by atoms with E-state index in [4.69, 9.17) is 0 Å². The van der Waals surface area contributed by atoms with Crippen LogP contribution >= 0.6 is 23.1 Å². The van der Waals surface area contributed by atoms with Crippen molar-refractivity contribution in [3.63, 3.8) is 0 Å². The largest absolute Gasteiger partial charge is 0.301 e. The monoisotopic (exact) mass is 382 g/mol. The number of nitrogens with zero attached hydrogens (tertiary/aromatic N) is 1. The average Bonchev–Trinajstić information content (AvgIpc) is 3.06. The molecule has 0 fully saturated rings. The smallest absolute Gasteiger partial charge is 0.236 e. The lowest BCUT2D eigenvalue weighted by atomic mass is 10.1. The maximum atomic E-state index is 12.2. The number of nitrogens with one attached hydrogen (secondary N) is 1. The number of aryl methyl sites for hydroxylation is 1. The van der Waals surface area contributed by atoms with Crippen LogP contribution in [0.4, 0.5) is 5.13 Å². The number of carbonyl (C=O) groups is 2. The standard InChI is InChI=1S/C20H18N2O2S2/c1-13-8-10-16(11-9-13)25-12-17(24)21-20-22-18(19(26-20)14(2)23)15-6-4-3-5-7-15/h3-11H,12H2,1-2H3,(H,21,22,24). The van der Waals surface area contributed by atoms with Crippen LogP contribution in [0.15, 0.2) is 59.5 Å². The lowest BCUT2D eigenvalue weighted by Gasteiger charge is -2.02. The molecule has 0 saturated carbocycles. The van der Waals surface area contributed by atoms with Gasteiger partial charge in [0.2, 0.25) is 5.91 Å². The van der Waals surface area contributed by atoms with Crippen molar-refractivity contribution in [3.05, 3.63) is 65.0 Å². The van der Waals surface area contributed by atoms with Crippen molar-refractivity contribution in [2.24, 2.45) is 0 Å². The molecule has 1 aromatic heterocycles. The maximum Gasteiger partial charge on any atom is 0.236 e. The first-order valence-electron chi connectivity index (χ1n) is 8.09. The highest BCUT2D eigenvalue weighted by Gasteiger charge is 2.17. The summed E-state index contributed by atoms with van der Waals surface area (Å²) < 4.78 is 0. The Hall–Kier alpha value is -2.44. The summed E-state index contributed by atoms with van der Waals surface area (Å²) in [7, 11) is 0. The van der Waals surface area contributed by atoms with E-state index in [-0.39, 0.29) is 11.7 Å². The molecule has 0 aliphatic carbocycles. The topological polar surface area (TPSA) is 59.1 Å². The van der Waals surface area contributed by atoms with Gasteiger partial charge < -0.3 is 5.32 Å². The van der Waals surface area contributed by atoms with Gasteiger partial charge in [0.25, 0.3) is 0 Å². The SMILES string of the molecule is CC(=O)c1sc(NC(=O)CSc2ccc(C)cc2)nc1-c1ccccc1. The normalized spacial score (nSPS) is 10.5. The molecular formula is C20H18N2O2S2. The van der Waals surface area contributed by atoms with Crippen LogP contribution in [0.2, 0.25) is 0 Å². The Morgan fingerprint density at radius 3 is 2.42 bits per heavy atom. The van der Waals surface area contributed by atoms with Crippen LogP contribution in [-0.2, 0) is 4.79 Å². The summed E-state index contributed by atoms with van der Waals surface area (Å²) in [5, 5.41) is 3.25. The average molecular weight is 383 g/mol. The minimum absolute atomic E-state index is 0.0594. The van der Waals surface area contributed by atoms with Crippen molar-refractivity contribution < 1.29 is 9.59 Å². The number of benzene rings is 2. The van der Waals surface area contributed by atoms with E-state index < -0.39 is 0 Å². The zero-order chi connectivity index (χ0) is 18.5. The number of thioether (sulfide) groups is 1. The van der Waals surface area contributed by atoms with Gasteiger partial charge >= 0.3 is 0 Å². The Morgan fingerprint density at radius 1 is 1.08 bits per heavy atom. The molecule has 3 aromatic rings. The van der Waals surface area contributed by atoms with Gasteiger partial charge in [0.05, 0.1) is 16.3 Å². The molecule has 1 N–H and O–H groups in total. The van der Waals surface area contributed by atoms with E-state index in [0.29, 0.717) is 21.5 Å². The molecule has 0 saturated heterocycles. The summed E-state index contributed by atoms with van der Waals surface area (Å²) in [6.07, 6.45) is 0. The number of anilines is 1. The third-order valence-corrected chi connectivity index (χ3v) is 5.72. The number of ketones is 1. The van der Waals surface area contributed by atoms with Gasteiger partial charge in [0.1, 0.15) is 0 Å². The van der Waals surface area contributed by atoms with E-state index in [0.717, 1.165) is 10.5 Å². The molecule has 1 heterocycles. The fraction of sp³-hybridized carbons (Fsp3) is 0.150. The predicted molar refractivity (Wildman–Crippen MR) is 108 cm³/mol. The third kappa shape index (κ3) is 4.59. The fourth-order valence-corrected chi connectivity index (χ4v) is 3.94. The Kier molecular flexibility index (Phi) is 5.85. The second kappa shape index (κ2) is 8.29. The van der Waals surface area contributed by atoms with Crippen molar-refractivity contribution >= 4 is 39.9 Å². The Bertz CT molecular complexity index is 919. The van der Waals surface area contributed by atoms with Gasteiger partial charge in [0.15, 0.2) is 10.9 Å². The number of hydrogen-bond acceptors (Lipinski definition) is 5. The summed E-state index contributed by atoms with van der Waals surface area (Å²) in [5.74, 6) is 0.0912. The molecular weight excluding hydrogens is 364 g/mol. The Morgan fingerprint density at radius 2 is 1.77 bits per heavy atom. The van der Waals surface area contributed by atoms with Crippen molar-refractivity contribution in [2.45, 2.75) is 18.7 Å². The zero-order valence-corrected chi connectivity index (χ0v) is 16.1. The van der Waals surface area contributed by atoms with Crippen molar-refractivity contribution in [1.82, 2.24) is 4.98 Å². The number of carbonyl (C=O) groups excluding carboxylic acids is 2. The predicted octanol–water partition coefficient (Wildman–Crippen LogP) is 5.05. The van der Waals surface area contributed by atoms with Crippen LogP contribution in [-0.4, -0.2) is 22.4 Å². The number of rotatable bonds is 6. The molecule has 0 radical (unpaired) electrons. The molecule has 2 aromatic carbocycles. The molecule has 0 aliphatic heterocycles. The number of Topliss-reactive ketones (excluding diaryl/α,β-unsaturated/α-hetero) is 1. The molecule has 1 amide bonds. The summed E-state index contributed by atoms with van der Waals surface area (Å²) in [6, 6.07) is 17.5. The minimum Gasteiger partial charge on any atom is -0.301 e. The molecule has 0 bridgehead atoms. The zero-order valence-electron chi connectivity index (χ0n) is 14.5. The van der Waals surface area contributed by atoms with E-state index in [1.165, 1.54) is 35.6 Å². The quantitative estimate of drug-likeness (QED) is 0.479. The molecule has 0 unspecified atom stereocenters. The molecule has 0 atom stereocenters. The van der Waals surface area contributed by atoms with Gasteiger partial charge in [-0.3, -0.25) is 9.59 Å². The van der Waals surface area contributed by atoms with Crippen LogP contribution in [0.3, 0.4) is 0 Å². The second-order valence-corrected chi connectivity index (χ2v) is 7.82. The van der Waals surface area contributed by atoms with E-state index in [2.05, 4.69) is 10.3 Å². The van der Waals surface area contributed by atoms with Gasteiger partial charge in [-0.1, -0.05) is 59.4 Å². The lowest BCUT2D eigenvalue weighted by molar-refractivity contribution is -0.113. The molecule has 26 heavy (non-hydrogen) atoms. The first-order chi connectivity index (χ1) is 12.5. The first-order valence-corrected chi connectivity index (χ1v) is 9.89. The molecule has 0 aliphatic rings.